The van der Waals surface area contributed by atoms with E-state index < -0.39 is 118 Å². The maximum absolute atomic E-state index is 14.2. The molecule has 27 heteroatoms. The number of anilines is 2. The monoisotopic (exact) mass is 1550 g/mol. The summed E-state index contributed by atoms with van der Waals surface area (Å²) >= 11 is 10.5. The Labute approximate surface area is 436 Å². The van der Waals surface area contributed by atoms with Gasteiger partial charge in [-0.25, -0.2) is 0 Å². The van der Waals surface area contributed by atoms with E-state index in [9.17, 15) is 74.7 Å². The van der Waals surface area contributed by atoms with Crippen LogP contribution in [0.4, 0.5) is 11.4 Å². The van der Waals surface area contributed by atoms with Crippen LogP contribution in [0.25, 0.3) is 0 Å². The highest BCUT2D eigenvalue weighted by Crippen LogP contribution is 2.38. The zero-order valence-electron chi connectivity index (χ0n) is 32.9. The standard InChI is InChI=1S/C35H44I6N6O15/c1-11(52)30(57)44-28-24(38)18(32(59)42-14(7-48)16(55)9-50)22(36)20(26(28)40)34(61)46(3)5-13(54)6-47(4)35(62)21-23(37)19(33(60)43-15(8-49)17(56)10-51)25(39)29(27(21)41)45-31(58)12(2)53/h11-17,48-56H,5-10H2,1-4H3,(H,42,59)(H,43,60)(H,44,57)(H,45,58). The predicted molar refractivity (Wildman–Crippen MR) is 273 cm³/mol. The molecule has 62 heavy (non-hydrogen) atoms. The van der Waals surface area contributed by atoms with Crippen LogP contribution in [0.1, 0.15) is 55.3 Å². The van der Waals surface area contributed by atoms with Crippen molar-refractivity contribution >= 4 is 182 Å². The summed E-state index contributed by atoms with van der Waals surface area (Å²) in [6, 6.07) is -2.64. The number of hydrogen-bond acceptors (Lipinski definition) is 15. The SMILES string of the molecule is CC(O)C(=O)Nc1c(I)c(C(=O)NC(CO)C(O)CO)c(I)c(C(=O)N(C)CC(O)CN(C)C(=O)c2c(I)c(NC(=O)C(C)O)c(I)c(C(=O)NC(CO)C(O)CO)c2I)c1I. The van der Waals surface area contributed by atoms with Crippen LogP contribution in [0.2, 0.25) is 0 Å². The number of nitrogens with one attached hydrogen (secondary N) is 4. The number of rotatable bonds is 20. The molecule has 21 nitrogen and oxygen atoms in total. The second kappa shape index (κ2) is 26.0. The molecule has 346 valence electrons. The molecule has 0 spiro atoms. The zero-order chi connectivity index (χ0) is 47.7. The zero-order valence-corrected chi connectivity index (χ0v) is 45.9. The van der Waals surface area contributed by atoms with E-state index in [2.05, 4.69) is 21.3 Å². The first-order valence-electron chi connectivity index (χ1n) is 17.8. The maximum Gasteiger partial charge on any atom is 0.255 e. The number of nitrogens with zero attached hydrogens (tertiary/aromatic N) is 2. The summed E-state index contributed by atoms with van der Waals surface area (Å²) < 4.78 is 0.675. The molecule has 0 aliphatic carbocycles. The van der Waals surface area contributed by atoms with Crippen molar-refractivity contribution in [3.8, 4) is 0 Å². The minimum atomic E-state index is -1.55. The third-order valence-corrected chi connectivity index (χ3v) is 15.2. The van der Waals surface area contributed by atoms with Crippen molar-refractivity contribution < 1.29 is 74.7 Å². The highest BCUT2D eigenvalue weighted by molar-refractivity contribution is 14.1. The van der Waals surface area contributed by atoms with E-state index in [4.69, 9.17) is 0 Å². The predicted octanol–water partition coefficient (Wildman–Crippen LogP) is -0.954. The van der Waals surface area contributed by atoms with Crippen molar-refractivity contribution in [1.29, 1.82) is 0 Å². The molecular formula is C35H44I6N6O15. The number of aliphatic hydroxyl groups is 9. The Kier molecular flexibility index (Phi) is 24.1. The first kappa shape index (κ1) is 57.4. The molecule has 0 heterocycles. The third-order valence-electron chi connectivity index (χ3n) is 8.76. The fourth-order valence-electron chi connectivity index (χ4n) is 5.28. The van der Waals surface area contributed by atoms with Crippen molar-refractivity contribution in [2.75, 3.05) is 64.2 Å². The number of benzene rings is 2. The minimum absolute atomic E-state index is 0.0243. The van der Waals surface area contributed by atoms with Crippen LogP contribution in [-0.4, -0.2) is 187 Å². The van der Waals surface area contributed by atoms with E-state index >= 15 is 0 Å². The molecule has 13 N–H and O–H groups in total. The van der Waals surface area contributed by atoms with Gasteiger partial charge in [-0.2, -0.15) is 0 Å². The highest BCUT2D eigenvalue weighted by Gasteiger charge is 2.35. The quantitative estimate of drug-likeness (QED) is 0.0711. The van der Waals surface area contributed by atoms with Gasteiger partial charge in [0, 0.05) is 34.3 Å². The molecular weight excluding hydrogens is 1510 g/mol. The Balaban J connectivity index is 2.60. The molecule has 6 atom stereocenters. The molecule has 2 aromatic carbocycles. The smallest absolute Gasteiger partial charge is 0.255 e. The van der Waals surface area contributed by atoms with E-state index in [1.165, 1.54) is 27.9 Å². The van der Waals surface area contributed by atoms with E-state index in [1.807, 2.05) is 0 Å². The summed E-state index contributed by atoms with van der Waals surface area (Å²) in [5.74, 6) is -5.05. The largest absolute Gasteiger partial charge is 0.394 e. The van der Waals surface area contributed by atoms with Crippen LogP contribution in [0.5, 0.6) is 0 Å². The van der Waals surface area contributed by atoms with Crippen LogP contribution in [-0.2, 0) is 9.59 Å². The number of hydrogen-bond donors (Lipinski definition) is 13. The first-order chi connectivity index (χ1) is 28.8. The number of carbonyl (C=O) groups excluding carboxylic acids is 6. The van der Waals surface area contributed by atoms with E-state index in [1.54, 1.807) is 136 Å². The average molecular weight is 1550 g/mol. The van der Waals surface area contributed by atoms with Gasteiger partial charge in [-0.3, -0.25) is 28.8 Å². The molecule has 0 aliphatic heterocycles. The van der Waals surface area contributed by atoms with E-state index in [0.29, 0.717) is 0 Å². The number of halogens is 6. The normalized spacial score (nSPS) is 14.7. The van der Waals surface area contributed by atoms with Gasteiger partial charge >= 0.3 is 0 Å². The van der Waals surface area contributed by atoms with Crippen LogP contribution < -0.4 is 21.3 Å². The summed E-state index contributed by atoms with van der Waals surface area (Å²) in [6.07, 6.45) is -7.54. The van der Waals surface area contributed by atoms with Gasteiger partial charge in [0.1, 0.15) is 12.2 Å². The van der Waals surface area contributed by atoms with Crippen molar-refractivity contribution in [3.63, 3.8) is 0 Å². The molecule has 0 bridgehead atoms. The summed E-state index contributed by atoms with van der Waals surface area (Å²) in [6.45, 7) is -1.55. The van der Waals surface area contributed by atoms with E-state index in [-0.39, 0.29) is 55.0 Å². The molecule has 0 aromatic heterocycles. The summed E-state index contributed by atoms with van der Waals surface area (Å²) in [7, 11) is 2.65. The van der Waals surface area contributed by atoms with Crippen molar-refractivity contribution in [1.82, 2.24) is 20.4 Å². The molecule has 0 fully saturated rings. The molecule has 0 radical (unpaired) electrons. The van der Waals surface area contributed by atoms with Gasteiger partial charge < -0.3 is 77.0 Å². The second-order valence-corrected chi connectivity index (χ2v) is 20.0. The van der Waals surface area contributed by atoms with Gasteiger partial charge in [0.15, 0.2) is 0 Å². The molecule has 2 rings (SSSR count). The minimum Gasteiger partial charge on any atom is -0.394 e. The number of carbonyl (C=O) groups is 6. The van der Waals surface area contributed by atoms with Gasteiger partial charge in [0.25, 0.3) is 35.4 Å². The number of likely N-dealkylation sites (N-methyl/N-ethyl adjacent to an activating group) is 2. The van der Waals surface area contributed by atoms with Crippen LogP contribution in [0.15, 0.2) is 0 Å². The van der Waals surface area contributed by atoms with Crippen LogP contribution >= 0.6 is 136 Å². The van der Waals surface area contributed by atoms with Gasteiger partial charge in [-0.1, -0.05) is 0 Å². The van der Waals surface area contributed by atoms with Gasteiger partial charge in [0.2, 0.25) is 0 Å². The van der Waals surface area contributed by atoms with E-state index in [0.717, 1.165) is 9.80 Å². The van der Waals surface area contributed by atoms with Crippen molar-refractivity contribution in [3.05, 3.63) is 43.7 Å². The van der Waals surface area contributed by atoms with Crippen LogP contribution in [0.3, 0.4) is 0 Å². The second-order valence-electron chi connectivity index (χ2n) is 13.5. The topological polar surface area (TPSA) is 339 Å². The Bertz CT molecular complexity index is 1890. The fourth-order valence-corrected chi connectivity index (χ4v) is 14.1. The summed E-state index contributed by atoms with van der Waals surface area (Å²) in [5, 5.41) is 99.4. The molecule has 0 aliphatic rings. The highest BCUT2D eigenvalue weighted by atomic mass is 127. The molecule has 2 aromatic rings. The lowest BCUT2D eigenvalue weighted by Gasteiger charge is -2.28. The average Bonchev–Trinajstić information content (AvgIpc) is 3.20. The Morgan fingerprint density at radius 2 is 0.790 bits per heavy atom. The number of amides is 6. The molecule has 6 amide bonds. The van der Waals surface area contributed by atoms with Crippen LogP contribution in [0, 0.1) is 21.4 Å². The van der Waals surface area contributed by atoms with Gasteiger partial charge in [-0.15, -0.1) is 0 Å². The lowest BCUT2D eigenvalue weighted by molar-refractivity contribution is -0.123. The lowest BCUT2D eigenvalue weighted by atomic mass is 10.0. The molecule has 0 saturated heterocycles. The molecule has 0 saturated carbocycles. The Morgan fingerprint density at radius 3 is 1.05 bits per heavy atom. The van der Waals surface area contributed by atoms with Crippen molar-refractivity contribution in [2.24, 2.45) is 0 Å². The summed E-state index contributed by atoms with van der Waals surface area (Å²) in [5.41, 5.74) is -0.596. The Morgan fingerprint density at radius 1 is 0.500 bits per heavy atom. The van der Waals surface area contributed by atoms with Gasteiger partial charge in [0.05, 0.1) is 105 Å². The fraction of sp³-hybridized carbons (Fsp3) is 0.486. The van der Waals surface area contributed by atoms with Crippen molar-refractivity contribution in [2.45, 2.75) is 56.5 Å². The lowest BCUT2D eigenvalue weighted by Crippen LogP contribution is -2.48. The third kappa shape index (κ3) is 14.2. The molecule has 6 unspecified atom stereocenters. The van der Waals surface area contributed by atoms with Gasteiger partial charge in [-0.05, 0) is 149 Å². The Hall–Kier alpha value is -0.720. The number of aliphatic hydroxyl groups excluding tert-OH is 9. The maximum atomic E-state index is 14.2. The first-order valence-corrected chi connectivity index (χ1v) is 24.3. The summed E-state index contributed by atoms with van der Waals surface area (Å²) in [4.78, 5) is 83.1.